The smallest absolute Gasteiger partial charge is 0.251 e. The molecule has 0 radical (unpaired) electrons. The summed E-state index contributed by atoms with van der Waals surface area (Å²) in [6, 6.07) is 9.95. The Kier molecular flexibility index (Phi) is 5.36. The van der Waals surface area contributed by atoms with E-state index in [2.05, 4.69) is 16.3 Å². The number of nitrogens with zero attached hydrogens (tertiary/aromatic N) is 1. The summed E-state index contributed by atoms with van der Waals surface area (Å²) in [5.74, 6) is 1.63. The van der Waals surface area contributed by atoms with Gasteiger partial charge in [0.1, 0.15) is 5.76 Å². The quantitative estimate of drug-likeness (QED) is 0.914. The Balaban J connectivity index is 1.44. The van der Waals surface area contributed by atoms with Gasteiger partial charge >= 0.3 is 0 Å². The lowest BCUT2D eigenvalue weighted by molar-refractivity contribution is 0.0934. The highest BCUT2D eigenvalue weighted by Crippen LogP contribution is 2.19. The molecule has 2 heterocycles. The maximum absolute atomic E-state index is 12.3. The zero-order chi connectivity index (χ0) is 16.9. The molecule has 0 atom stereocenters. The van der Waals surface area contributed by atoms with E-state index in [9.17, 15) is 4.79 Å². The third-order valence-electron chi connectivity index (χ3n) is 4.70. The number of piperidine rings is 1. The molecule has 1 aromatic heterocycles. The van der Waals surface area contributed by atoms with E-state index in [4.69, 9.17) is 4.42 Å². The van der Waals surface area contributed by atoms with Crippen molar-refractivity contribution in [1.29, 1.82) is 0 Å². The van der Waals surface area contributed by atoms with Crippen molar-refractivity contribution in [3.63, 3.8) is 0 Å². The molecule has 1 N–H and O–H groups in total. The molecule has 0 bridgehead atoms. The molecule has 0 unspecified atom stereocenters. The van der Waals surface area contributed by atoms with Gasteiger partial charge in [-0.2, -0.15) is 0 Å². The van der Waals surface area contributed by atoms with Gasteiger partial charge in [-0.05, 0) is 70.0 Å². The van der Waals surface area contributed by atoms with Crippen LogP contribution in [0.2, 0.25) is 0 Å². The average molecular weight is 326 g/mol. The number of aryl methyl sites for hydroxylation is 2. The molecule has 2 aromatic rings. The van der Waals surface area contributed by atoms with Crippen LogP contribution in [0.1, 0.15) is 40.1 Å². The SMILES string of the molecule is Cc1cc(C)cc(C(=O)NCC2CCN(Cc3ccco3)CC2)c1. The van der Waals surface area contributed by atoms with E-state index in [1.165, 1.54) is 0 Å². The molecule has 1 aliphatic heterocycles. The van der Waals surface area contributed by atoms with Gasteiger partial charge in [0, 0.05) is 12.1 Å². The molecule has 1 saturated heterocycles. The summed E-state index contributed by atoms with van der Waals surface area (Å²) in [6.45, 7) is 7.82. The lowest BCUT2D eigenvalue weighted by atomic mass is 9.96. The maximum atomic E-state index is 12.3. The van der Waals surface area contributed by atoms with Gasteiger partial charge in [-0.15, -0.1) is 0 Å². The van der Waals surface area contributed by atoms with Crippen molar-refractivity contribution < 1.29 is 9.21 Å². The number of benzene rings is 1. The van der Waals surface area contributed by atoms with Crippen LogP contribution in [-0.4, -0.2) is 30.4 Å². The minimum absolute atomic E-state index is 0.0415. The Morgan fingerprint density at radius 2 is 1.92 bits per heavy atom. The first-order valence-corrected chi connectivity index (χ1v) is 8.71. The van der Waals surface area contributed by atoms with Gasteiger partial charge in [-0.1, -0.05) is 17.2 Å². The molecule has 1 fully saturated rings. The second-order valence-electron chi connectivity index (χ2n) is 6.89. The van der Waals surface area contributed by atoms with Crippen LogP contribution in [0.5, 0.6) is 0 Å². The summed E-state index contributed by atoms with van der Waals surface area (Å²) in [6.07, 6.45) is 3.96. The van der Waals surface area contributed by atoms with E-state index >= 15 is 0 Å². The molecule has 4 nitrogen and oxygen atoms in total. The number of rotatable bonds is 5. The van der Waals surface area contributed by atoms with Crippen LogP contribution in [0.3, 0.4) is 0 Å². The third kappa shape index (κ3) is 4.48. The molecule has 3 rings (SSSR count). The van der Waals surface area contributed by atoms with E-state index in [0.717, 1.165) is 61.5 Å². The first kappa shape index (κ1) is 16.8. The van der Waals surface area contributed by atoms with Crippen LogP contribution in [0.15, 0.2) is 41.0 Å². The molecule has 128 valence electrons. The van der Waals surface area contributed by atoms with Gasteiger partial charge in [0.15, 0.2) is 0 Å². The number of hydrogen-bond donors (Lipinski definition) is 1. The highest BCUT2D eigenvalue weighted by atomic mass is 16.3. The van der Waals surface area contributed by atoms with Crippen LogP contribution in [0.4, 0.5) is 0 Å². The molecule has 24 heavy (non-hydrogen) atoms. The highest BCUT2D eigenvalue weighted by Gasteiger charge is 2.20. The number of furan rings is 1. The second kappa shape index (κ2) is 7.67. The molecule has 1 amide bonds. The minimum Gasteiger partial charge on any atom is -0.468 e. The Labute approximate surface area is 143 Å². The summed E-state index contributed by atoms with van der Waals surface area (Å²) >= 11 is 0. The first-order valence-electron chi connectivity index (χ1n) is 8.71. The Morgan fingerprint density at radius 3 is 2.54 bits per heavy atom. The van der Waals surface area contributed by atoms with Crippen molar-refractivity contribution in [3.05, 3.63) is 59.0 Å². The van der Waals surface area contributed by atoms with Crippen molar-refractivity contribution in [2.45, 2.75) is 33.2 Å². The predicted molar refractivity (Wildman–Crippen MR) is 95.0 cm³/mol. The van der Waals surface area contributed by atoms with E-state index in [1.807, 2.05) is 38.1 Å². The number of nitrogens with one attached hydrogen (secondary N) is 1. The fourth-order valence-electron chi connectivity index (χ4n) is 3.42. The summed E-state index contributed by atoms with van der Waals surface area (Å²) < 4.78 is 5.41. The van der Waals surface area contributed by atoms with Crippen molar-refractivity contribution in [2.24, 2.45) is 5.92 Å². The predicted octanol–water partition coefficient (Wildman–Crippen LogP) is 3.54. The van der Waals surface area contributed by atoms with Gasteiger partial charge in [0.05, 0.1) is 12.8 Å². The number of carbonyl (C=O) groups excluding carboxylic acids is 1. The summed E-state index contributed by atoms with van der Waals surface area (Å²) in [5.41, 5.74) is 3.03. The van der Waals surface area contributed by atoms with Crippen molar-refractivity contribution in [3.8, 4) is 0 Å². The van der Waals surface area contributed by atoms with Crippen LogP contribution < -0.4 is 5.32 Å². The molecule has 1 aromatic carbocycles. The van der Waals surface area contributed by atoms with E-state index in [0.29, 0.717) is 5.92 Å². The molecule has 1 aliphatic rings. The lowest BCUT2D eigenvalue weighted by Crippen LogP contribution is -2.38. The molecule has 0 spiro atoms. The monoisotopic (exact) mass is 326 g/mol. The standard InChI is InChI=1S/C20H26N2O2/c1-15-10-16(2)12-18(11-15)20(23)21-13-17-5-7-22(8-6-17)14-19-4-3-9-24-19/h3-4,9-12,17H,5-8,13-14H2,1-2H3,(H,21,23). The summed E-state index contributed by atoms with van der Waals surface area (Å²) in [4.78, 5) is 14.8. The zero-order valence-corrected chi connectivity index (χ0v) is 14.5. The third-order valence-corrected chi connectivity index (χ3v) is 4.70. The van der Waals surface area contributed by atoms with Gasteiger partial charge in [0.2, 0.25) is 0 Å². The van der Waals surface area contributed by atoms with Gasteiger partial charge < -0.3 is 9.73 Å². The second-order valence-corrected chi connectivity index (χ2v) is 6.89. The Bertz CT molecular complexity index is 651. The number of likely N-dealkylation sites (tertiary alicyclic amines) is 1. The molecular weight excluding hydrogens is 300 g/mol. The largest absolute Gasteiger partial charge is 0.468 e. The van der Waals surface area contributed by atoms with Gasteiger partial charge in [-0.3, -0.25) is 9.69 Å². The normalized spacial score (nSPS) is 16.2. The van der Waals surface area contributed by atoms with E-state index in [-0.39, 0.29) is 5.91 Å². The minimum atomic E-state index is 0.0415. The van der Waals surface area contributed by atoms with Crippen LogP contribution in [0, 0.1) is 19.8 Å². The van der Waals surface area contributed by atoms with E-state index in [1.54, 1.807) is 6.26 Å². The van der Waals surface area contributed by atoms with Crippen molar-refractivity contribution in [2.75, 3.05) is 19.6 Å². The molecular formula is C20H26N2O2. The fourth-order valence-corrected chi connectivity index (χ4v) is 3.42. The maximum Gasteiger partial charge on any atom is 0.251 e. The topological polar surface area (TPSA) is 45.5 Å². The Morgan fingerprint density at radius 1 is 1.21 bits per heavy atom. The van der Waals surface area contributed by atoms with Crippen LogP contribution >= 0.6 is 0 Å². The molecule has 4 heteroatoms. The number of hydrogen-bond acceptors (Lipinski definition) is 3. The van der Waals surface area contributed by atoms with Gasteiger partial charge in [0.25, 0.3) is 5.91 Å². The fraction of sp³-hybridized carbons (Fsp3) is 0.450. The highest BCUT2D eigenvalue weighted by molar-refractivity contribution is 5.94. The zero-order valence-electron chi connectivity index (χ0n) is 14.5. The van der Waals surface area contributed by atoms with Crippen LogP contribution in [0.25, 0.3) is 0 Å². The molecule has 0 aliphatic carbocycles. The molecule has 0 saturated carbocycles. The summed E-state index contributed by atoms with van der Waals surface area (Å²) in [5, 5.41) is 3.11. The van der Waals surface area contributed by atoms with Crippen molar-refractivity contribution in [1.82, 2.24) is 10.2 Å². The Hall–Kier alpha value is -2.07. The van der Waals surface area contributed by atoms with Crippen LogP contribution in [-0.2, 0) is 6.54 Å². The summed E-state index contributed by atoms with van der Waals surface area (Å²) in [7, 11) is 0. The number of carbonyl (C=O) groups is 1. The first-order chi connectivity index (χ1) is 11.6. The van der Waals surface area contributed by atoms with E-state index < -0.39 is 0 Å². The van der Waals surface area contributed by atoms with Crippen molar-refractivity contribution >= 4 is 5.91 Å². The lowest BCUT2D eigenvalue weighted by Gasteiger charge is -2.31. The van der Waals surface area contributed by atoms with Gasteiger partial charge in [-0.25, -0.2) is 0 Å². The number of amides is 1. The average Bonchev–Trinajstić information content (AvgIpc) is 3.06.